The molecule has 1 aliphatic heterocycles. The third-order valence-electron chi connectivity index (χ3n) is 4.60. The van der Waals surface area contributed by atoms with Gasteiger partial charge in [0.15, 0.2) is 0 Å². The molecule has 0 aromatic heterocycles. The van der Waals surface area contributed by atoms with E-state index in [1.807, 2.05) is 30.3 Å². The summed E-state index contributed by atoms with van der Waals surface area (Å²) < 4.78 is 12.1. The van der Waals surface area contributed by atoms with Crippen molar-refractivity contribution in [1.82, 2.24) is 5.32 Å². The first-order valence-electron chi connectivity index (χ1n) is 9.04. The van der Waals surface area contributed by atoms with Gasteiger partial charge in [0.05, 0.1) is 0 Å². The smallest absolute Gasteiger partial charge is 0.126 e. The van der Waals surface area contributed by atoms with Gasteiger partial charge in [-0.15, -0.1) is 0 Å². The van der Waals surface area contributed by atoms with Crippen molar-refractivity contribution in [2.75, 3.05) is 19.7 Å². The third kappa shape index (κ3) is 4.97. The zero-order chi connectivity index (χ0) is 17.5. The van der Waals surface area contributed by atoms with Gasteiger partial charge in [0.2, 0.25) is 0 Å². The van der Waals surface area contributed by atoms with E-state index in [1.54, 1.807) is 0 Å². The van der Waals surface area contributed by atoms with Crippen LogP contribution in [0.2, 0.25) is 0 Å². The van der Waals surface area contributed by atoms with Gasteiger partial charge in [-0.1, -0.05) is 43.3 Å². The Bertz CT molecular complexity index is 659. The van der Waals surface area contributed by atoms with Crippen molar-refractivity contribution in [3.8, 4) is 11.5 Å². The SMILES string of the molecule is CC1Cc2ccc(OCc3ccccc3)cc2OC1CNCCCO. The second-order valence-electron chi connectivity index (χ2n) is 6.66. The van der Waals surface area contributed by atoms with E-state index in [-0.39, 0.29) is 12.7 Å². The molecule has 1 heterocycles. The Labute approximate surface area is 149 Å². The van der Waals surface area contributed by atoms with Gasteiger partial charge >= 0.3 is 0 Å². The van der Waals surface area contributed by atoms with E-state index in [4.69, 9.17) is 14.6 Å². The van der Waals surface area contributed by atoms with Gasteiger partial charge in [-0.25, -0.2) is 0 Å². The lowest BCUT2D eigenvalue weighted by Crippen LogP contribution is -2.40. The molecule has 0 saturated carbocycles. The Morgan fingerprint density at radius 1 is 1.20 bits per heavy atom. The van der Waals surface area contributed by atoms with E-state index in [2.05, 4.69) is 30.4 Å². The fraction of sp³-hybridized carbons (Fsp3) is 0.429. The van der Waals surface area contributed by atoms with E-state index < -0.39 is 0 Å². The summed E-state index contributed by atoms with van der Waals surface area (Å²) >= 11 is 0. The van der Waals surface area contributed by atoms with Gasteiger partial charge in [-0.05, 0) is 42.5 Å². The molecule has 1 aliphatic rings. The fourth-order valence-corrected chi connectivity index (χ4v) is 3.09. The Morgan fingerprint density at radius 3 is 2.84 bits per heavy atom. The summed E-state index contributed by atoms with van der Waals surface area (Å²) in [6.45, 7) is 4.62. The van der Waals surface area contributed by atoms with Crippen molar-refractivity contribution in [3.63, 3.8) is 0 Å². The zero-order valence-electron chi connectivity index (χ0n) is 14.8. The van der Waals surface area contributed by atoms with Crippen LogP contribution in [-0.4, -0.2) is 30.9 Å². The highest BCUT2D eigenvalue weighted by Crippen LogP contribution is 2.33. The molecular formula is C21H27NO3. The van der Waals surface area contributed by atoms with Crippen molar-refractivity contribution < 1.29 is 14.6 Å². The van der Waals surface area contributed by atoms with E-state index >= 15 is 0 Å². The number of hydrogen-bond donors (Lipinski definition) is 2. The maximum atomic E-state index is 8.86. The van der Waals surface area contributed by atoms with Gasteiger partial charge in [0, 0.05) is 19.2 Å². The maximum Gasteiger partial charge on any atom is 0.126 e. The highest BCUT2D eigenvalue weighted by molar-refractivity contribution is 5.42. The van der Waals surface area contributed by atoms with E-state index in [0.717, 1.165) is 43.0 Å². The Hall–Kier alpha value is -2.04. The minimum absolute atomic E-state index is 0.149. The minimum Gasteiger partial charge on any atom is -0.489 e. The molecule has 0 aliphatic carbocycles. The standard InChI is InChI=1S/C21H27NO3/c1-16-12-18-8-9-19(24-15-17-6-3-2-4-7-17)13-20(18)25-21(16)14-22-10-5-11-23/h2-4,6-9,13,16,21-23H,5,10-12,14-15H2,1H3. The van der Waals surface area contributed by atoms with Crippen molar-refractivity contribution in [2.45, 2.75) is 32.5 Å². The van der Waals surface area contributed by atoms with Crippen molar-refractivity contribution in [1.29, 1.82) is 0 Å². The maximum absolute atomic E-state index is 8.86. The lowest BCUT2D eigenvalue weighted by atomic mass is 9.92. The van der Waals surface area contributed by atoms with Crippen LogP contribution in [0.5, 0.6) is 11.5 Å². The summed E-state index contributed by atoms with van der Waals surface area (Å²) in [6.07, 6.45) is 1.94. The summed E-state index contributed by atoms with van der Waals surface area (Å²) in [5.41, 5.74) is 2.40. The van der Waals surface area contributed by atoms with Crippen LogP contribution in [0.3, 0.4) is 0 Å². The van der Waals surface area contributed by atoms with Crippen LogP contribution in [0.25, 0.3) is 0 Å². The molecule has 2 aromatic rings. The molecule has 2 unspecified atom stereocenters. The molecule has 0 saturated heterocycles. The number of aliphatic hydroxyl groups is 1. The first-order chi connectivity index (χ1) is 12.3. The molecule has 0 fully saturated rings. The zero-order valence-corrected chi connectivity index (χ0v) is 14.8. The van der Waals surface area contributed by atoms with Crippen molar-refractivity contribution >= 4 is 0 Å². The fourth-order valence-electron chi connectivity index (χ4n) is 3.09. The molecule has 2 N–H and O–H groups in total. The lowest BCUT2D eigenvalue weighted by molar-refractivity contribution is 0.119. The van der Waals surface area contributed by atoms with Gasteiger partial charge in [0.25, 0.3) is 0 Å². The Morgan fingerprint density at radius 2 is 2.04 bits per heavy atom. The molecule has 25 heavy (non-hydrogen) atoms. The van der Waals surface area contributed by atoms with Crippen molar-refractivity contribution in [2.24, 2.45) is 5.92 Å². The average molecular weight is 341 g/mol. The molecule has 2 aromatic carbocycles. The molecule has 134 valence electrons. The number of aliphatic hydroxyl groups excluding tert-OH is 1. The second-order valence-corrected chi connectivity index (χ2v) is 6.66. The van der Waals surface area contributed by atoms with Gasteiger partial charge in [0.1, 0.15) is 24.2 Å². The van der Waals surface area contributed by atoms with E-state index in [0.29, 0.717) is 12.5 Å². The third-order valence-corrected chi connectivity index (χ3v) is 4.60. The number of fused-ring (bicyclic) bond motifs is 1. The molecule has 0 spiro atoms. The summed E-state index contributed by atoms with van der Waals surface area (Å²) in [5, 5.41) is 12.2. The van der Waals surface area contributed by atoms with E-state index in [9.17, 15) is 0 Å². The highest BCUT2D eigenvalue weighted by Gasteiger charge is 2.26. The molecule has 4 nitrogen and oxygen atoms in total. The number of ether oxygens (including phenoxy) is 2. The van der Waals surface area contributed by atoms with Crippen LogP contribution >= 0.6 is 0 Å². The molecule has 3 rings (SSSR count). The summed E-state index contributed by atoms with van der Waals surface area (Å²) in [6, 6.07) is 16.3. The van der Waals surface area contributed by atoms with Gasteiger partial charge in [-0.3, -0.25) is 0 Å². The molecular weight excluding hydrogens is 314 g/mol. The van der Waals surface area contributed by atoms with Crippen LogP contribution in [0.15, 0.2) is 48.5 Å². The molecule has 0 amide bonds. The van der Waals surface area contributed by atoms with E-state index in [1.165, 1.54) is 5.56 Å². The van der Waals surface area contributed by atoms with Crippen LogP contribution in [-0.2, 0) is 13.0 Å². The summed E-state index contributed by atoms with van der Waals surface area (Å²) in [5.74, 6) is 2.23. The summed E-state index contributed by atoms with van der Waals surface area (Å²) in [7, 11) is 0. The van der Waals surface area contributed by atoms with Gasteiger partial charge < -0.3 is 19.9 Å². The molecule has 0 bridgehead atoms. The molecule has 4 heteroatoms. The summed E-state index contributed by atoms with van der Waals surface area (Å²) in [4.78, 5) is 0. The Balaban J connectivity index is 1.59. The lowest BCUT2D eigenvalue weighted by Gasteiger charge is -2.32. The molecule has 0 radical (unpaired) electrons. The quantitative estimate of drug-likeness (QED) is 0.724. The average Bonchev–Trinajstić information content (AvgIpc) is 2.64. The molecule has 2 atom stereocenters. The number of benzene rings is 2. The number of nitrogens with one attached hydrogen (secondary N) is 1. The van der Waals surface area contributed by atoms with Crippen LogP contribution in [0, 0.1) is 5.92 Å². The highest BCUT2D eigenvalue weighted by atomic mass is 16.5. The van der Waals surface area contributed by atoms with Crippen molar-refractivity contribution in [3.05, 3.63) is 59.7 Å². The Kier molecular flexibility index (Phi) is 6.31. The largest absolute Gasteiger partial charge is 0.489 e. The topological polar surface area (TPSA) is 50.7 Å². The number of rotatable bonds is 8. The predicted molar refractivity (Wildman–Crippen MR) is 99.1 cm³/mol. The van der Waals surface area contributed by atoms with Crippen LogP contribution < -0.4 is 14.8 Å². The van der Waals surface area contributed by atoms with Crippen LogP contribution in [0.4, 0.5) is 0 Å². The monoisotopic (exact) mass is 341 g/mol. The first-order valence-corrected chi connectivity index (χ1v) is 9.04. The number of hydrogen-bond acceptors (Lipinski definition) is 4. The second kappa shape index (κ2) is 8.88. The van der Waals surface area contributed by atoms with Gasteiger partial charge in [-0.2, -0.15) is 0 Å². The van der Waals surface area contributed by atoms with Crippen LogP contribution in [0.1, 0.15) is 24.5 Å². The normalized spacial score (nSPS) is 19.1. The first kappa shape index (κ1) is 17.8. The predicted octanol–water partition coefficient (Wildman–Crippen LogP) is 3.18. The minimum atomic E-state index is 0.149.